The van der Waals surface area contributed by atoms with Crippen LogP contribution in [0.5, 0.6) is 0 Å². The van der Waals surface area contributed by atoms with E-state index in [0.29, 0.717) is 0 Å². The van der Waals surface area contributed by atoms with Crippen LogP contribution in [0.3, 0.4) is 0 Å². The first-order chi connectivity index (χ1) is 13.4. The van der Waals surface area contributed by atoms with Crippen LogP contribution in [-0.2, 0) is 15.1 Å². The molecule has 1 heterocycles. The summed E-state index contributed by atoms with van der Waals surface area (Å²) in [7, 11) is 7.07. The Morgan fingerprint density at radius 3 is 2.32 bits per heavy atom. The molecule has 1 saturated heterocycles. The number of anilines is 1. The van der Waals surface area contributed by atoms with Crippen molar-refractivity contribution in [2.24, 2.45) is 0 Å². The lowest BCUT2D eigenvalue weighted by atomic mass is 9.86. The van der Waals surface area contributed by atoms with Crippen molar-refractivity contribution >= 4 is 23.5 Å². The van der Waals surface area contributed by atoms with Gasteiger partial charge in [0.2, 0.25) is 0 Å². The summed E-state index contributed by atoms with van der Waals surface area (Å²) in [6.07, 6.45) is 1.75. The second-order valence-corrected chi connectivity index (χ2v) is 8.32. The number of carbonyl (C=O) groups is 1. The average Bonchev–Trinajstić information content (AvgIpc) is 2.74. The molecule has 0 bridgehead atoms. The van der Waals surface area contributed by atoms with Crippen molar-refractivity contribution in [3.63, 3.8) is 0 Å². The zero-order valence-corrected chi connectivity index (χ0v) is 17.8. The van der Waals surface area contributed by atoms with E-state index in [0.717, 1.165) is 36.6 Å². The van der Waals surface area contributed by atoms with Gasteiger partial charge in [-0.15, -0.1) is 0 Å². The molecule has 3 rings (SSSR count). The highest BCUT2D eigenvalue weighted by Gasteiger charge is 2.34. The molecule has 28 heavy (non-hydrogen) atoms. The van der Waals surface area contributed by atoms with Crippen LogP contribution in [0.1, 0.15) is 18.4 Å². The van der Waals surface area contributed by atoms with Crippen LogP contribution < -0.4 is 4.90 Å². The Labute approximate surface area is 171 Å². The Balaban J connectivity index is 1.75. The summed E-state index contributed by atoms with van der Waals surface area (Å²) < 4.78 is 11.4. The molecule has 1 aliphatic heterocycles. The third kappa shape index (κ3) is 4.51. The van der Waals surface area contributed by atoms with Crippen molar-refractivity contribution in [1.29, 1.82) is 0 Å². The van der Waals surface area contributed by atoms with Crippen LogP contribution in [0.15, 0.2) is 58.3 Å². The monoisotopic (exact) mass is 400 g/mol. The van der Waals surface area contributed by atoms with Crippen molar-refractivity contribution in [3.8, 4) is 0 Å². The number of benzene rings is 2. The van der Waals surface area contributed by atoms with E-state index in [4.69, 9.17) is 9.47 Å². The molecule has 6 heteroatoms. The molecule has 0 saturated carbocycles. The van der Waals surface area contributed by atoms with E-state index >= 15 is 0 Å². The van der Waals surface area contributed by atoms with E-state index in [1.807, 2.05) is 24.3 Å². The zero-order valence-electron chi connectivity index (χ0n) is 17.0. The van der Waals surface area contributed by atoms with Gasteiger partial charge >= 0.3 is 6.03 Å². The SMILES string of the molecule is COC1(c2cccc(Sc3ccc(N(C)C(=O)N(C)C)cc3)c2)CCOCC1. The van der Waals surface area contributed by atoms with Crippen LogP contribution in [0.25, 0.3) is 0 Å². The number of amides is 2. The summed E-state index contributed by atoms with van der Waals surface area (Å²) in [5.41, 5.74) is 1.82. The average molecular weight is 401 g/mol. The van der Waals surface area contributed by atoms with Crippen LogP contribution >= 0.6 is 11.8 Å². The lowest BCUT2D eigenvalue weighted by Crippen LogP contribution is -2.36. The van der Waals surface area contributed by atoms with Crippen LogP contribution in [0.2, 0.25) is 0 Å². The Bertz CT molecular complexity index is 802. The fourth-order valence-corrected chi connectivity index (χ4v) is 4.32. The normalized spacial score (nSPS) is 15.9. The molecule has 2 aromatic carbocycles. The van der Waals surface area contributed by atoms with Gasteiger partial charge in [-0.05, 0) is 42.0 Å². The van der Waals surface area contributed by atoms with Gasteiger partial charge in [-0.3, -0.25) is 4.90 Å². The Morgan fingerprint density at radius 2 is 1.71 bits per heavy atom. The van der Waals surface area contributed by atoms with E-state index in [1.54, 1.807) is 49.8 Å². The highest BCUT2D eigenvalue weighted by molar-refractivity contribution is 7.99. The standard InChI is InChI=1S/C22H28N2O3S/c1-23(2)21(25)24(3)18-8-10-19(11-9-18)28-20-7-5-6-17(16-20)22(26-4)12-14-27-15-13-22/h5-11,16H,12-15H2,1-4H3. The predicted octanol–water partition coefficient (Wildman–Crippen LogP) is 4.61. The Kier molecular flexibility index (Phi) is 6.65. The minimum absolute atomic E-state index is 0.0468. The van der Waals surface area contributed by atoms with Crippen LogP contribution in [-0.4, -0.2) is 52.4 Å². The van der Waals surface area contributed by atoms with E-state index < -0.39 is 0 Å². The maximum atomic E-state index is 12.1. The van der Waals surface area contributed by atoms with E-state index in [1.165, 1.54) is 10.5 Å². The molecule has 2 aromatic rings. The van der Waals surface area contributed by atoms with Crippen molar-refractivity contribution in [2.75, 3.05) is 46.4 Å². The van der Waals surface area contributed by atoms with Crippen molar-refractivity contribution in [1.82, 2.24) is 4.90 Å². The quantitative estimate of drug-likeness (QED) is 0.735. The molecule has 2 amide bonds. The summed E-state index contributed by atoms with van der Waals surface area (Å²) >= 11 is 1.71. The van der Waals surface area contributed by atoms with E-state index in [2.05, 4.69) is 24.3 Å². The van der Waals surface area contributed by atoms with Gasteiger partial charge in [0.15, 0.2) is 0 Å². The van der Waals surface area contributed by atoms with E-state index in [-0.39, 0.29) is 11.6 Å². The molecule has 0 N–H and O–H groups in total. The second-order valence-electron chi connectivity index (χ2n) is 7.17. The van der Waals surface area contributed by atoms with Crippen molar-refractivity contribution in [2.45, 2.75) is 28.2 Å². The van der Waals surface area contributed by atoms with Crippen molar-refractivity contribution in [3.05, 3.63) is 54.1 Å². The summed E-state index contributed by atoms with van der Waals surface area (Å²) in [6.45, 7) is 1.46. The molecule has 1 fully saturated rings. The first-order valence-corrected chi connectivity index (χ1v) is 10.2. The molecular formula is C22H28N2O3S. The lowest BCUT2D eigenvalue weighted by molar-refractivity contribution is -0.0948. The van der Waals surface area contributed by atoms with Gasteiger partial charge in [-0.1, -0.05) is 23.9 Å². The maximum Gasteiger partial charge on any atom is 0.323 e. The molecule has 1 aliphatic rings. The maximum absolute atomic E-state index is 12.1. The number of hydrogen-bond acceptors (Lipinski definition) is 4. The number of methoxy groups -OCH3 is 1. The molecule has 0 aliphatic carbocycles. The molecule has 0 radical (unpaired) electrons. The van der Waals surface area contributed by atoms with Gasteiger partial charge < -0.3 is 14.4 Å². The van der Waals surface area contributed by atoms with Crippen molar-refractivity contribution < 1.29 is 14.3 Å². The summed E-state index contributed by atoms with van der Waals surface area (Å²) in [5.74, 6) is 0. The molecular weight excluding hydrogens is 372 g/mol. The fourth-order valence-electron chi connectivity index (χ4n) is 3.44. The highest BCUT2D eigenvalue weighted by atomic mass is 32.2. The number of hydrogen-bond donors (Lipinski definition) is 0. The third-order valence-electron chi connectivity index (χ3n) is 5.18. The number of carbonyl (C=O) groups excluding carboxylic acids is 1. The lowest BCUT2D eigenvalue weighted by Gasteiger charge is -2.36. The van der Waals surface area contributed by atoms with Gasteiger partial charge in [0, 0.05) is 69.8 Å². The molecule has 5 nitrogen and oxygen atoms in total. The molecule has 0 unspecified atom stereocenters. The zero-order chi connectivity index (χ0) is 20.1. The topological polar surface area (TPSA) is 42.0 Å². The Hall–Kier alpha value is -2.02. The summed E-state index contributed by atoms with van der Waals surface area (Å²) in [4.78, 5) is 17.6. The molecule has 0 atom stereocenters. The minimum Gasteiger partial charge on any atom is -0.381 e. The summed E-state index contributed by atoms with van der Waals surface area (Å²) in [6, 6.07) is 16.6. The number of nitrogens with zero attached hydrogens (tertiary/aromatic N) is 2. The number of rotatable bonds is 5. The van der Waals surface area contributed by atoms with Gasteiger partial charge in [0.05, 0.1) is 5.60 Å². The molecule has 0 spiro atoms. The van der Waals surface area contributed by atoms with Crippen LogP contribution in [0, 0.1) is 0 Å². The largest absolute Gasteiger partial charge is 0.381 e. The summed E-state index contributed by atoms with van der Waals surface area (Å²) in [5, 5.41) is 0. The highest BCUT2D eigenvalue weighted by Crippen LogP contribution is 2.38. The first-order valence-electron chi connectivity index (χ1n) is 9.41. The smallest absolute Gasteiger partial charge is 0.323 e. The minimum atomic E-state index is -0.256. The van der Waals surface area contributed by atoms with E-state index in [9.17, 15) is 4.79 Å². The number of urea groups is 1. The molecule has 0 aromatic heterocycles. The van der Waals surface area contributed by atoms with Gasteiger partial charge in [-0.25, -0.2) is 4.79 Å². The second kappa shape index (κ2) is 8.99. The van der Waals surface area contributed by atoms with Crippen LogP contribution in [0.4, 0.5) is 10.5 Å². The fraction of sp³-hybridized carbons (Fsp3) is 0.409. The van der Waals surface area contributed by atoms with Gasteiger partial charge in [-0.2, -0.15) is 0 Å². The van der Waals surface area contributed by atoms with Gasteiger partial charge in [0.25, 0.3) is 0 Å². The Morgan fingerprint density at radius 1 is 1.04 bits per heavy atom. The number of ether oxygens (including phenoxy) is 2. The predicted molar refractivity (Wildman–Crippen MR) is 113 cm³/mol. The first kappa shape index (κ1) is 20.7. The van der Waals surface area contributed by atoms with Gasteiger partial charge in [0.1, 0.15) is 0 Å². The molecule has 150 valence electrons. The third-order valence-corrected chi connectivity index (χ3v) is 6.18.